The van der Waals surface area contributed by atoms with Gasteiger partial charge in [-0.25, -0.2) is 4.79 Å². The Bertz CT molecular complexity index is 510. The Hall–Kier alpha value is -2.11. The summed E-state index contributed by atoms with van der Waals surface area (Å²) >= 11 is 0. The summed E-state index contributed by atoms with van der Waals surface area (Å²) in [6.07, 6.45) is 0.870. The van der Waals surface area contributed by atoms with Crippen LogP contribution in [-0.4, -0.2) is 18.3 Å². The van der Waals surface area contributed by atoms with Crippen molar-refractivity contribution in [1.82, 2.24) is 5.32 Å². The molecule has 0 bridgehead atoms. The van der Waals surface area contributed by atoms with E-state index < -0.39 is 18.3 Å². The van der Waals surface area contributed by atoms with E-state index in [4.69, 9.17) is 4.74 Å². The summed E-state index contributed by atoms with van der Waals surface area (Å²) in [5, 5.41) is 2.51. The van der Waals surface area contributed by atoms with Gasteiger partial charge in [0.2, 0.25) is 0 Å². The van der Waals surface area contributed by atoms with Gasteiger partial charge in [-0.3, -0.25) is 0 Å². The monoisotopic (exact) mass is 299 g/mol. The van der Waals surface area contributed by atoms with Crippen molar-refractivity contribution in [2.45, 2.75) is 39.5 Å². The van der Waals surface area contributed by atoms with E-state index in [2.05, 4.69) is 16.6 Å². The number of hydrogen-bond acceptors (Lipinski definition) is 3. The number of carbonyl (C=O) groups is 1. The average Bonchev–Trinajstić information content (AvgIpc) is 2.34. The number of ether oxygens (including phenoxy) is 2. The Morgan fingerprint density at radius 3 is 2.62 bits per heavy atom. The third kappa shape index (κ3) is 5.81. The quantitative estimate of drug-likeness (QED) is 0.895. The van der Waals surface area contributed by atoms with E-state index in [0.717, 1.165) is 0 Å². The Kier molecular flexibility index (Phi) is 5.69. The standard InChI is InChI=1S/C15H19F2NO3/c1-5-10-7-6-8-12(20-13(16)17)11(10)9-18-14(19)21-15(2,3)4/h5-8,13H,1,9H2,2-4H3,(H,18,19). The third-order valence-corrected chi connectivity index (χ3v) is 2.41. The molecule has 0 fully saturated rings. The molecule has 6 heteroatoms. The lowest BCUT2D eigenvalue weighted by molar-refractivity contribution is -0.0504. The number of alkyl carbamates (subject to hydrolysis) is 1. The summed E-state index contributed by atoms with van der Waals surface area (Å²) < 4.78 is 34.3. The van der Waals surface area contributed by atoms with E-state index in [1.165, 1.54) is 12.1 Å². The van der Waals surface area contributed by atoms with Crippen LogP contribution in [0, 0.1) is 0 Å². The van der Waals surface area contributed by atoms with Gasteiger partial charge in [0.25, 0.3) is 0 Å². The van der Waals surface area contributed by atoms with Crippen molar-refractivity contribution < 1.29 is 23.0 Å². The second kappa shape index (κ2) is 7.06. The minimum Gasteiger partial charge on any atom is -0.444 e. The second-order valence-electron chi connectivity index (χ2n) is 5.26. The lowest BCUT2D eigenvalue weighted by Gasteiger charge is -2.20. The maximum Gasteiger partial charge on any atom is 0.407 e. The van der Waals surface area contributed by atoms with Gasteiger partial charge in [-0.1, -0.05) is 24.8 Å². The van der Waals surface area contributed by atoms with Gasteiger partial charge < -0.3 is 14.8 Å². The molecule has 1 amide bonds. The van der Waals surface area contributed by atoms with Crippen molar-refractivity contribution in [1.29, 1.82) is 0 Å². The Morgan fingerprint density at radius 2 is 2.10 bits per heavy atom. The van der Waals surface area contributed by atoms with Gasteiger partial charge in [0.15, 0.2) is 0 Å². The van der Waals surface area contributed by atoms with Crippen LogP contribution in [0.25, 0.3) is 6.08 Å². The van der Waals surface area contributed by atoms with Gasteiger partial charge in [0.1, 0.15) is 11.4 Å². The number of halogens is 2. The second-order valence-corrected chi connectivity index (χ2v) is 5.26. The minimum atomic E-state index is -2.94. The van der Waals surface area contributed by atoms with Gasteiger partial charge in [0.05, 0.1) is 6.54 Å². The average molecular weight is 299 g/mol. The summed E-state index contributed by atoms with van der Waals surface area (Å²) in [5.74, 6) is -0.00143. The molecule has 1 rings (SSSR count). The molecule has 0 spiro atoms. The fourth-order valence-corrected chi connectivity index (χ4v) is 1.64. The van der Waals surface area contributed by atoms with Crippen LogP contribution in [0.5, 0.6) is 5.75 Å². The maximum atomic E-state index is 12.4. The number of benzene rings is 1. The van der Waals surface area contributed by atoms with Crippen molar-refractivity contribution in [2.75, 3.05) is 0 Å². The van der Waals surface area contributed by atoms with Gasteiger partial charge in [-0.2, -0.15) is 8.78 Å². The van der Waals surface area contributed by atoms with Crippen LogP contribution in [0.3, 0.4) is 0 Å². The molecule has 1 aromatic carbocycles. The zero-order valence-electron chi connectivity index (χ0n) is 12.3. The molecule has 4 nitrogen and oxygen atoms in total. The first-order chi connectivity index (χ1) is 9.73. The van der Waals surface area contributed by atoms with E-state index in [9.17, 15) is 13.6 Å². The highest BCUT2D eigenvalue weighted by Crippen LogP contribution is 2.25. The maximum absolute atomic E-state index is 12.4. The first-order valence-corrected chi connectivity index (χ1v) is 6.39. The molecule has 116 valence electrons. The number of nitrogens with one attached hydrogen (secondary N) is 1. The third-order valence-electron chi connectivity index (χ3n) is 2.41. The van der Waals surface area contributed by atoms with E-state index in [-0.39, 0.29) is 12.3 Å². The highest BCUT2D eigenvalue weighted by molar-refractivity contribution is 5.68. The SMILES string of the molecule is C=Cc1cccc(OC(F)F)c1CNC(=O)OC(C)(C)C. The Balaban J connectivity index is 2.85. The van der Waals surface area contributed by atoms with E-state index in [1.807, 2.05) is 0 Å². The number of carbonyl (C=O) groups excluding carboxylic acids is 1. The smallest absolute Gasteiger partial charge is 0.407 e. The zero-order chi connectivity index (χ0) is 16.0. The van der Waals surface area contributed by atoms with Gasteiger partial charge >= 0.3 is 12.7 Å². The van der Waals surface area contributed by atoms with Gasteiger partial charge in [-0.05, 0) is 32.4 Å². The molecule has 0 aliphatic carbocycles. The number of hydrogen-bond donors (Lipinski definition) is 1. The highest BCUT2D eigenvalue weighted by atomic mass is 19.3. The predicted molar refractivity (Wildman–Crippen MR) is 76.2 cm³/mol. The van der Waals surface area contributed by atoms with E-state index in [1.54, 1.807) is 32.9 Å². The van der Waals surface area contributed by atoms with E-state index in [0.29, 0.717) is 11.1 Å². The lowest BCUT2D eigenvalue weighted by atomic mass is 10.1. The molecule has 0 atom stereocenters. The highest BCUT2D eigenvalue weighted by Gasteiger charge is 2.17. The molecule has 0 radical (unpaired) electrons. The molecule has 0 heterocycles. The molecular weight excluding hydrogens is 280 g/mol. The summed E-state index contributed by atoms with van der Waals surface area (Å²) in [6.45, 7) is 5.87. The molecular formula is C15H19F2NO3. The van der Waals surface area contributed by atoms with Crippen molar-refractivity contribution in [3.63, 3.8) is 0 Å². The number of amides is 1. The molecule has 0 unspecified atom stereocenters. The summed E-state index contributed by atoms with van der Waals surface area (Å²) in [7, 11) is 0. The first-order valence-electron chi connectivity index (χ1n) is 6.39. The number of rotatable bonds is 5. The molecule has 0 saturated heterocycles. The summed E-state index contributed by atoms with van der Waals surface area (Å²) in [5.41, 5.74) is 0.382. The van der Waals surface area contributed by atoms with Crippen LogP contribution in [0.4, 0.5) is 13.6 Å². The van der Waals surface area contributed by atoms with Crippen LogP contribution in [0.1, 0.15) is 31.9 Å². The van der Waals surface area contributed by atoms with Gasteiger partial charge in [0, 0.05) is 5.56 Å². The predicted octanol–water partition coefficient (Wildman–Crippen LogP) is 3.96. The van der Waals surface area contributed by atoms with E-state index >= 15 is 0 Å². The lowest BCUT2D eigenvalue weighted by Crippen LogP contribution is -2.32. The largest absolute Gasteiger partial charge is 0.444 e. The van der Waals surface area contributed by atoms with Crippen LogP contribution in [-0.2, 0) is 11.3 Å². The van der Waals surface area contributed by atoms with Crippen molar-refractivity contribution in [2.24, 2.45) is 0 Å². The number of alkyl halides is 2. The van der Waals surface area contributed by atoms with Crippen molar-refractivity contribution in [3.8, 4) is 5.75 Å². The summed E-state index contributed by atoms with van der Waals surface area (Å²) in [4.78, 5) is 11.6. The molecule has 0 aromatic heterocycles. The summed E-state index contributed by atoms with van der Waals surface area (Å²) in [6, 6.07) is 4.68. The van der Waals surface area contributed by atoms with Crippen molar-refractivity contribution in [3.05, 3.63) is 35.9 Å². The normalized spacial score (nSPS) is 11.1. The molecule has 1 N–H and O–H groups in total. The fraction of sp³-hybridized carbons (Fsp3) is 0.400. The molecule has 0 aliphatic heterocycles. The Morgan fingerprint density at radius 1 is 1.43 bits per heavy atom. The Labute approximate surface area is 122 Å². The van der Waals surface area contributed by atoms with Crippen LogP contribution in [0.2, 0.25) is 0 Å². The van der Waals surface area contributed by atoms with Crippen LogP contribution >= 0.6 is 0 Å². The van der Waals surface area contributed by atoms with Crippen LogP contribution in [0.15, 0.2) is 24.8 Å². The molecule has 0 aliphatic rings. The van der Waals surface area contributed by atoms with Crippen molar-refractivity contribution >= 4 is 12.2 Å². The first kappa shape index (κ1) is 16.9. The fourth-order valence-electron chi connectivity index (χ4n) is 1.64. The minimum absolute atomic E-state index is 0.000833. The van der Waals surface area contributed by atoms with Crippen LogP contribution < -0.4 is 10.1 Å². The molecule has 21 heavy (non-hydrogen) atoms. The molecule has 0 saturated carbocycles. The zero-order valence-corrected chi connectivity index (χ0v) is 12.3. The topological polar surface area (TPSA) is 47.6 Å². The molecule has 1 aromatic rings. The van der Waals surface area contributed by atoms with Gasteiger partial charge in [-0.15, -0.1) is 0 Å².